The zero-order valence-electron chi connectivity index (χ0n) is 19.6. The van der Waals surface area contributed by atoms with E-state index < -0.39 is 34.0 Å². The molecule has 2 amide bonds. The third-order valence-electron chi connectivity index (χ3n) is 5.80. The average molecular weight is 489 g/mol. The zero-order valence-corrected chi connectivity index (χ0v) is 20.4. The predicted octanol–water partition coefficient (Wildman–Crippen LogP) is 0.896. The Morgan fingerprint density at radius 1 is 1.09 bits per heavy atom. The van der Waals surface area contributed by atoms with Crippen molar-refractivity contribution in [2.75, 3.05) is 31.2 Å². The van der Waals surface area contributed by atoms with E-state index in [9.17, 15) is 23.1 Å². The van der Waals surface area contributed by atoms with Crippen LogP contribution in [0, 0.1) is 0 Å². The molecular formula is C24H32N4O5S. The molecule has 1 fully saturated rings. The first kappa shape index (κ1) is 25.7. The summed E-state index contributed by atoms with van der Waals surface area (Å²) in [6, 6.07) is 13.6. The molecule has 2 aromatic rings. The summed E-state index contributed by atoms with van der Waals surface area (Å²) in [7, 11) is -0.807. The maximum atomic E-state index is 13.2. The van der Waals surface area contributed by atoms with Gasteiger partial charge in [0.1, 0.15) is 0 Å². The van der Waals surface area contributed by atoms with Crippen molar-refractivity contribution in [2.45, 2.75) is 37.5 Å². The van der Waals surface area contributed by atoms with Gasteiger partial charge < -0.3 is 21.1 Å². The van der Waals surface area contributed by atoms with Crippen molar-refractivity contribution in [3.63, 3.8) is 0 Å². The van der Waals surface area contributed by atoms with Crippen molar-refractivity contribution in [1.29, 1.82) is 0 Å². The Bertz CT molecular complexity index is 1120. The molecule has 0 radical (unpaired) electrons. The van der Waals surface area contributed by atoms with Crippen LogP contribution in [0.25, 0.3) is 0 Å². The Balaban J connectivity index is 1.88. The lowest BCUT2D eigenvalue weighted by Gasteiger charge is -2.25. The second kappa shape index (κ2) is 11.0. The minimum absolute atomic E-state index is 0.118. The van der Waals surface area contributed by atoms with Gasteiger partial charge in [-0.05, 0) is 43.0 Å². The van der Waals surface area contributed by atoms with E-state index >= 15 is 0 Å². The summed E-state index contributed by atoms with van der Waals surface area (Å²) in [4.78, 5) is 25.5. The van der Waals surface area contributed by atoms with Gasteiger partial charge in [-0.1, -0.05) is 30.3 Å². The highest BCUT2D eigenvalue weighted by Gasteiger charge is 2.27. The van der Waals surface area contributed by atoms with Gasteiger partial charge in [0.05, 0.1) is 24.1 Å². The van der Waals surface area contributed by atoms with Crippen molar-refractivity contribution in [2.24, 2.45) is 0 Å². The highest BCUT2D eigenvalue weighted by Crippen LogP contribution is 2.22. The molecule has 9 nitrogen and oxygen atoms in total. The standard InChI is InChI=1S/C24H32N4O5S/c1-25-23(30)17-12-18(14-20(13-17)28(2)34(3,32)33)24(31)27-21(11-16-7-5-4-6-8-16)22(29)15-26-19-9-10-19/h4-8,12-14,19,21-22,26,29H,9-11,15H2,1-3H3,(H,25,30)(H,27,31)/t21-,22+/m0/s1. The first-order chi connectivity index (χ1) is 16.1. The van der Waals surface area contributed by atoms with E-state index in [1.165, 1.54) is 32.3 Å². The molecule has 2 atom stereocenters. The number of nitrogens with one attached hydrogen (secondary N) is 3. The molecule has 10 heteroatoms. The van der Waals surface area contributed by atoms with Gasteiger partial charge in [0, 0.05) is 37.8 Å². The van der Waals surface area contributed by atoms with E-state index in [-0.39, 0.29) is 16.8 Å². The van der Waals surface area contributed by atoms with Gasteiger partial charge in [0.25, 0.3) is 11.8 Å². The Morgan fingerprint density at radius 3 is 2.26 bits per heavy atom. The van der Waals surface area contributed by atoms with Crippen molar-refractivity contribution in [3.8, 4) is 0 Å². The number of aliphatic hydroxyl groups is 1. The van der Waals surface area contributed by atoms with Gasteiger partial charge >= 0.3 is 0 Å². The Labute approximate surface area is 200 Å². The van der Waals surface area contributed by atoms with Crippen LogP contribution in [0.3, 0.4) is 0 Å². The predicted molar refractivity (Wildman–Crippen MR) is 132 cm³/mol. The highest BCUT2D eigenvalue weighted by molar-refractivity contribution is 7.92. The Morgan fingerprint density at radius 2 is 1.71 bits per heavy atom. The van der Waals surface area contributed by atoms with Crippen LogP contribution in [-0.4, -0.2) is 70.4 Å². The van der Waals surface area contributed by atoms with Crippen molar-refractivity contribution < 1.29 is 23.1 Å². The zero-order chi connectivity index (χ0) is 24.9. The molecule has 3 rings (SSSR count). The van der Waals surface area contributed by atoms with Gasteiger partial charge in [0.2, 0.25) is 10.0 Å². The van der Waals surface area contributed by atoms with Crippen LogP contribution in [-0.2, 0) is 16.4 Å². The van der Waals surface area contributed by atoms with Gasteiger partial charge in [-0.3, -0.25) is 13.9 Å². The summed E-state index contributed by atoms with van der Waals surface area (Å²) in [5.41, 5.74) is 1.41. The molecule has 0 spiro atoms. The number of anilines is 1. The molecule has 184 valence electrons. The van der Waals surface area contributed by atoms with E-state index in [1.54, 1.807) is 0 Å². The molecule has 0 bridgehead atoms. The highest BCUT2D eigenvalue weighted by atomic mass is 32.2. The number of hydrogen-bond donors (Lipinski definition) is 4. The summed E-state index contributed by atoms with van der Waals surface area (Å²) in [6.07, 6.45) is 2.76. The molecule has 2 aromatic carbocycles. The number of aliphatic hydroxyl groups excluding tert-OH is 1. The number of carbonyl (C=O) groups is 2. The summed E-state index contributed by atoms with van der Waals surface area (Å²) in [5, 5.41) is 19.5. The number of carbonyl (C=O) groups excluding carboxylic acids is 2. The fraction of sp³-hybridized carbons (Fsp3) is 0.417. The van der Waals surface area contributed by atoms with E-state index in [2.05, 4.69) is 16.0 Å². The summed E-state index contributed by atoms with van der Waals surface area (Å²) < 4.78 is 25.1. The molecule has 0 unspecified atom stereocenters. The minimum Gasteiger partial charge on any atom is -0.390 e. The number of hydrogen-bond acceptors (Lipinski definition) is 6. The fourth-order valence-corrected chi connectivity index (χ4v) is 4.00. The second-order valence-corrected chi connectivity index (χ2v) is 10.6. The third-order valence-corrected chi connectivity index (χ3v) is 7.01. The average Bonchev–Trinajstić information content (AvgIpc) is 3.65. The van der Waals surface area contributed by atoms with E-state index in [0.29, 0.717) is 19.0 Å². The van der Waals surface area contributed by atoms with Crippen molar-refractivity contribution in [1.82, 2.24) is 16.0 Å². The monoisotopic (exact) mass is 488 g/mol. The molecule has 0 heterocycles. The third kappa shape index (κ3) is 7.02. The van der Waals surface area contributed by atoms with E-state index in [0.717, 1.165) is 29.0 Å². The first-order valence-corrected chi connectivity index (χ1v) is 13.0. The van der Waals surface area contributed by atoms with Crippen molar-refractivity contribution >= 4 is 27.5 Å². The maximum Gasteiger partial charge on any atom is 0.251 e. The first-order valence-electron chi connectivity index (χ1n) is 11.2. The van der Waals surface area contributed by atoms with Crippen LogP contribution >= 0.6 is 0 Å². The Kier molecular flexibility index (Phi) is 8.29. The SMILES string of the molecule is CNC(=O)c1cc(C(=O)N[C@@H](Cc2ccccc2)[C@H](O)CNC2CC2)cc(N(C)S(C)(=O)=O)c1. The number of amides is 2. The van der Waals surface area contributed by atoms with Crippen LogP contribution in [0.15, 0.2) is 48.5 Å². The van der Waals surface area contributed by atoms with Crippen LogP contribution in [0.1, 0.15) is 39.1 Å². The fourth-order valence-electron chi connectivity index (χ4n) is 3.51. The number of benzene rings is 2. The van der Waals surface area contributed by atoms with Gasteiger partial charge in [-0.2, -0.15) is 0 Å². The van der Waals surface area contributed by atoms with E-state index in [1.807, 2.05) is 30.3 Å². The molecule has 1 saturated carbocycles. The minimum atomic E-state index is -3.61. The van der Waals surface area contributed by atoms with Gasteiger partial charge in [-0.15, -0.1) is 0 Å². The molecule has 1 aliphatic rings. The normalized spacial score (nSPS) is 15.3. The largest absolute Gasteiger partial charge is 0.390 e. The maximum absolute atomic E-state index is 13.2. The van der Waals surface area contributed by atoms with Crippen molar-refractivity contribution in [3.05, 3.63) is 65.2 Å². The molecule has 1 aliphatic carbocycles. The molecule has 0 aromatic heterocycles. The van der Waals surface area contributed by atoms with E-state index in [4.69, 9.17) is 0 Å². The molecular weight excluding hydrogens is 456 g/mol. The lowest BCUT2D eigenvalue weighted by molar-refractivity contribution is 0.0830. The van der Waals surface area contributed by atoms with Gasteiger partial charge in [0.15, 0.2) is 0 Å². The number of nitrogens with zero attached hydrogens (tertiary/aromatic N) is 1. The summed E-state index contributed by atoms with van der Waals surface area (Å²) in [5.74, 6) is -0.965. The molecule has 0 saturated heterocycles. The lowest BCUT2D eigenvalue weighted by atomic mass is 10.00. The number of rotatable bonds is 11. The smallest absolute Gasteiger partial charge is 0.251 e. The van der Waals surface area contributed by atoms with Crippen LogP contribution in [0.2, 0.25) is 0 Å². The molecule has 34 heavy (non-hydrogen) atoms. The second-order valence-electron chi connectivity index (χ2n) is 8.60. The molecule has 4 N–H and O–H groups in total. The quantitative estimate of drug-likeness (QED) is 0.372. The summed E-state index contributed by atoms with van der Waals surface area (Å²) >= 11 is 0. The van der Waals surface area contributed by atoms with Gasteiger partial charge in [-0.25, -0.2) is 8.42 Å². The topological polar surface area (TPSA) is 128 Å². The van der Waals surface area contributed by atoms with Crippen LogP contribution in [0.4, 0.5) is 5.69 Å². The molecule has 0 aliphatic heterocycles. The van der Waals surface area contributed by atoms with Crippen LogP contribution in [0.5, 0.6) is 0 Å². The summed E-state index contributed by atoms with van der Waals surface area (Å²) in [6.45, 7) is 0.336. The Hall–Kier alpha value is -2.95. The lowest BCUT2D eigenvalue weighted by Crippen LogP contribution is -2.49. The van der Waals surface area contributed by atoms with Crippen LogP contribution < -0.4 is 20.3 Å². The number of sulfonamides is 1.